The molecule has 92 valence electrons. The first kappa shape index (κ1) is 12.3. The molecule has 0 aliphatic heterocycles. The van der Waals surface area contributed by atoms with Crippen molar-refractivity contribution in [3.8, 4) is 0 Å². The van der Waals surface area contributed by atoms with Crippen LogP contribution in [0.25, 0.3) is 10.8 Å². The number of amides is 1. The van der Waals surface area contributed by atoms with Crippen LogP contribution in [0.4, 0.5) is 5.69 Å². The van der Waals surface area contributed by atoms with Crippen LogP contribution in [0.1, 0.15) is 0 Å². The summed E-state index contributed by atoms with van der Waals surface area (Å²) in [4.78, 5) is 15.8. The lowest BCUT2D eigenvalue weighted by molar-refractivity contribution is -0.115. The fourth-order valence-electron chi connectivity index (χ4n) is 1.70. The van der Waals surface area contributed by atoms with Crippen LogP contribution >= 0.6 is 0 Å². The number of hydrogen-bond acceptors (Lipinski definition) is 3. The molecule has 0 fully saturated rings. The number of hydrogen-bond donors (Lipinski definition) is 2. The van der Waals surface area contributed by atoms with E-state index in [4.69, 9.17) is 0 Å². The molecule has 1 aromatic carbocycles. The quantitative estimate of drug-likeness (QED) is 0.621. The van der Waals surface area contributed by atoms with Crippen LogP contribution in [0.15, 0.2) is 49.3 Å². The van der Waals surface area contributed by atoms with Gasteiger partial charge in [-0.2, -0.15) is 0 Å². The van der Waals surface area contributed by atoms with Gasteiger partial charge in [0.1, 0.15) is 0 Å². The average molecular weight is 241 g/mol. The van der Waals surface area contributed by atoms with Crippen LogP contribution in [0.2, 0.25) is 0 Å². The molecular formula is C14H15N3O. The molecule has 0 saturated heterocycles. The zero-order chi connectivity index (χ0) is 12.8. The summed E-state index contributed by atoms with van der Waals surface area (Å²) >= 11 is 0. The maximum absolute atomic E-state index is 11.7. The van der Waals surface area contributed by atoms with Gasteiger partial charge in [-0.05, 0) is 17.5 Å². The summed E-state index contributed by atoms with van der Waals surface area (Å²) < 4.78 is 0. The molecule has 0 spiro atoms. The number of nitrogens with zero attached hydrogens (tertiary/aromatic N) is 1. The predicted molar refractivity (Wildman–Crippen MR) is 73.4 cm³/mol. The highest BCUT2D eigenvalue weighted by Gasteiger charge is 2.04. The minimum atomic E-state index is -0.0757. The Labute approximate surface area is 106 Å². The second-order valence-corrected chi connectivity index (χ2v) is 3.87. The molecule has 1 aromatic heterocycles. The molecule has 18 heavy (non-hydrogen) atoms. The number of carbonyl (C=O) groups is 1. The zero-order valence-electron chi connectivity index (χ0n) is 10.0. The Hall–Kier alpha value is -2.20. The average Bonchev–Trinajstić information content (AvgIpc) is 2.39. The topological polar surface area (TPSA) is 54.0 Å². The van der Waals surface area contributed by atoms with E-state index in [-0.39, 0.29) is 12.5 Å². The van der Waals surface area contributed by atoms with Crippen molar-refractivity contribution in [1.29, 1.82) is 0 Å². The van der Waals surface area contributed by atoms with Gasteiger partial charge < -0.3 is 10.6 Å². The summed E-state index contributed by atoms with van der Waals surface area (Å²) in [5, 5.41) is 7.82. The smallest absolute Gasteiger partial charge is 0.238 e. The maximum Gasteiger partial charge on any atom is 0.238 e. The molecule has 1 heterocycles. The Kier molecular flexibility index (Phi) is 4.04. The first-order valence-electron chi connectivity index (χ1n) is 5.75. The molecule has 1 amide bonds. The molecule has 0 aliphatic rings. The van der Waals surface area contributed by atoms with Crippen LogP contribution < -0.4 is 10.6 Å². The van der Waals surface area contributed by atoms with Gasteiger partial charge in [-0.3, -0.25) is 9.78 Å². The number of aromatic nitrogens is 1. The van der Waals surface area contributed by atoms with Crippen molar-refractivity contribution >= 4 is 22.4 Å². The lowest BCUT2D eigenvalue weighted by atomic mass is 10.1. The normalized spacial score (nSPS) is 10.2. The van der Waals surface area contributed by atoms with Gasteiger partial charge in [-0.15, -0.1) is 6.58 Å². The summed E-state index contributed by atoms with van der Waals surface area (Å²) in [6, 6.07) is 7.69. The first-order valence-corrected chi connectivity index (χ1v) is 5.75. The van der Waals surface area contributed by atoms with Gasteiger partial charge >= 0.3 is 0 Å². The van der Waals surface area contributed by atoms with E-state index in [0.29, 0.717) is 6.54 Å². The molecule has 0 unspecified atom stereocenters. The van der Waals surface area contributed by atoms with Crippen LogP contribution in [-0.4, -0.2) is 24.0 Å². The standard InChI is InChI=1S/C14H15N3O/c1-2-7-15-10-14(18)17-13-5-3-4-11-6-8-16-9-12(11)13/h2-6,8-9,15H,1,7,10H2,(H,17,18). The molecule has 0 bridgehead atoms. The highest BCUT2D eigenvalue weighted by Crippen LogP contribution is 2.21. The number of nitrogens with one attached hydrogen (secondary N) is 2. The summed E-state index contributed by atoms with van der Waals surface area (Å²) in [7, 11) is 0. The van der Waals surface area contributed by atoms with Crippen molar-refractivity contribution in [3.63, 3.8) is 0 Å². The molecule has 0 atom stereocenters. The first-order chi connectivity index (χ1) is 8.81. The van der Waals surface area contributed by atoms with Crippen molar-refractivity contribution in [1.82, 2.24) is 10.3 Å². The van der Waals surface area contributed by atoms with E-state index >= 15 is 0 Å². The molecule has 0 saturated carbocycles. The third-order valence-corrected chi connectivity index (χ3v) is 2.53. The van der Waals surface area contributed by atoms with Crippen LogP contribution in [-0.2, 0) is 4.79 Å². The summed E-state index contributed by atoms with van der Waals surface area (Å²) in [6.45, 7) is 4.46. The Balaban J connectivity index is 2.11. The SMILES string of the molecule is C=CCNCC(=O)Nc1cccc2ccncc12. The van der Waals surface area contributed by atoms with Gasteiger partial charge in [-0.25, -0.2) is 0 Å². The largest absolute Gasteiger partial charge is 0.324 e. The van der Waals surface area contributed by atoms with Gasteiger partial charge in [0.25, 0.3) is 0 Å². The Morgan fingerprint density at radius 1 is 1.39 bits per heavy atom. The van der Waals surface area contributed by atoms with E-state index in [2.05, 4.69) is 22.2 Å². The second-order valence-electron chi connectivity index (χ2n) is 3.87. The number of pyridine rings is 1. The molecule has 0 aliphatic carbocycles. The summed E-state index contributed by atoms with van der Waals surface area (Å²) in [6.07, 6.45) is 5.21. The summed E-state index contributed by atoms with van der Waals surface area (Å²) in [5.74, 6) is -0.0757. The van der Waals surface area contributed by atoms with Gasteiger partial charge in [0, 0.05) is 24.3 Å². The second kappa shape index (κ2) is 5.93. The van der Waals surface area contributed by atoms with E-state index < -0.39 is 0 Å². The Morgan fingerprint density at radius 2 is 2.28 bits per heavy atom. The number of anilines is 1. The van der Waals surface area contributed by atoms with Crippen LogP contribution in [0.5, 0.6) is 0 Å². The van der Waals surface area contributed by atoms with Crippen molar-refractivity contribution in [2.75, 3.05) is 18.4 Å². The minimum Gasteiger partial charge on any atom is -0.324 e. The molecule has 4 nitrogen and oxygen atoms in total. The number of carbonyl (C=O) groups excluding carboxylic acids is 1. The number of benzene rings is 1. The fraction of sp³-hybridized carbons (Fsp3) is 0.143. The lowest BCUT2D eigenvalue weighted by Gasteiger charge is -2.08. The monoisotopic (exact) mass is 241 g/mol. The van der Waals surface area contributed by atoms with Gasteiger partial charge in [-0.1, -0.05) is 18.2 Å². The Bertz CT molecular complexity index is 560. The molecule has 4 heteroatoms. The maximum atomic E-state index is 11.7. The summed E-state index contributed by atoms with van der Waals surface area (Å²) in [5.41, 5.74) is 0.783. The van der Waals surface area contributed by atoms with E-state index in [9.17, 15) is 4.79 Å². The van der Waals surface area contributed by atoms with Crippen LogP contribution in [0, 0.1) is 0 Å². The Morgan fingerprint density at radius 3 is 3.11 bits per heavy atom. The van der Waals surface area contributed by atoms with Crippen molar-refractivity contribution in [3.05, 3.63) is 49.3 Å². The highest BCUT2D eigenvalue weighted by atomic mass is 16.1. The van der Waals surface area contributed by atoms with E-state index in [1.54, 1.807) is 18.5 Å². The van der Waals surface area contributed by atoms with E-state index in [1.807, 2.05) is 24.3 Å². The minimum absolute atomic E-state index is 0.0757. The molecule has 2 aromatic rings. The fourth-order valence-corrected chi connectivity index (χ4v) is 1.70. The molecule has 2 rings (SSSR count). The van der Waals surface area contributed by atoms with E-state index in [0.717, 1.165) is 16.5 Å². The molecular weight excluding hydrogens is 226 g/mol. The van der Waals surface area contributed by atoms with Crippen molar-refractivity contribution < 1.29 is 4.79 Å². The van der Waals surface area contributed by atoms with Crippen molar-refractivity contribution in [2.24, 2.45) is 0 Å². The zero-order valence-corrected chi connectivity index (χ0v) is 10.0. The lowest BCUT2D eigenvalue weighted by Crippen LogP contribution is -2.28. The molecule has 0 radical (unpaired) electrons. The van der Waals surface area contributed by atoms with Crippen LogP contribution in [0.3, 0.4) is 0 Å². The number of rotatable bonds is 5. The highest BCUT2D eigenvalue weighted by molar-refractivity contribution is 6.02. The number of fused-ring (bicyclic) bond motifs is 1. The van der Waals surface area contributed by atoms with E-state index in [1.165, 1.54) is 0 Å². The molecule has 2 N–H and O–H groups in total. The predicted octanol–water partition coefficient (Wildman–Crippen LogP) is 1.95. The third-order valence-electron chi connectivity index (χ3n) is 2.53. The van der Waals surface area contributed by atoms with Gasteiger partial charge in [0.2, 0.25) is 5.91 Å². The third kappa shape index (κ3) is 2.93. The van der Waals surface area contributed by atoms with Crippen molar-refractivity contribution in [2.45, 2.75) is 0 Å². The van der Waals surface area contributed by atoms with Gasteiger partial charge in [0.15, 0.2) is 0 Å². The van der Waals surface area contributed by atoms with Gasteiger partial charge in [0.05, 0.1) is 12.2 Å².